The molecule has 3 rings (SSSR count). The van der Waals surface area contributed by atoms with Gasteiger partial charge < -0.3 is 5.32 Å². The van der Waals surface area contributed by atoms with Gasteiger partial charge in [-0.05, 0) is 36.3 Å². The Balaban J connectivity index is 2.14. The Hall–Kier alpha value is -1.38. The number of nitrogens with zero attached hydrogens (tertiary/aromatic N) is 1. The molecule has 3 heteroatoms. The van der Waals surface area contributed by atoms with Gasteiger partial charge in [-0.3, -0.25) is 4.79 Å². The van der Waals surface area contributed by atoms with Crippen molar-refractivity contribution in [1.29, 1.82) is 0 Å². The predicted molar refractivity (Wildman–Crippen MR) is 62.4 cm³/mol. The van der Waals surface area contributed by atoms with E-state index < -0.39 is 0 Å². The highest BCUT2D eigenvalue weighted by molar-refractivity contribution is 5.96. The quantitative estimate of drug-likeness (QED) is 0.784. The third kappa shape index (κ3) is 1.20. The summed E-state index contributed by atoms with van der Waals surface area (Å²) in [5, 5.41) is 2.94. The van der Waals surface area contributed by atoms with E-state index in [1.165, 1.54) is 11.1 Å². The Morgan fingerprint density at radius 3 is 2.75 bits per heavy atom. The number of aromatic nitrogens is 1. The zero-order chi connectivity index (χ0) is 11.3. The van der Waals surface area contributed by atoms with Crippen molar-refractivity contribution in [3.8, 4) is 0 Å². The minimum absolute atomic E-state index is 0.164. The third-order valence-corrected chi connectivity index (χ3v) is 3.87. The molecule has 2 aliphatic rings. The summed E-state index contributed by atoms with van der Waals surface area (Å²) in [5.41, 5.74) is 2.65. The molecule has 1 aliphatic heterocycles. The lowest BCUT2D eigenvalue weighted by atomic mass is 9.66. The number of rotatable bonds is 1. The molecule has 2 atom stereocenters. The molecule has 1 fully saturated rings. The highest BCUT2D eigenvalue weighted by Gasteiger charge is 2.43. The van der Waals surface area contributed by atoms with E-state index in [2.05, 4.69) is 30.2 Å². The fraction of sp³-hybridized carbons (Fsp3) is 0.538. The number of carbonyl (C=O) groups excluding carboxylic acids is 1. The first-order valence-corrected chi connectivity index (χ1v) is 5.98. The molecule has 2 heterocycles. The van der Waals surface area contributed by atoms with Gasteiger partial charge in [0.25, 0.3) is 0 Å². The van der Waals surface area contributed by atoms with Crippen molar-refractivity contribution in [2.45, 2.75) is 38.5 Å². The van der Waals surface area contributed by atoms with Gasteiger partial charge in [0.05, 0.1) is 0 Å². The Morgan fingerprint density at radius 1 is 1.38 bits per heavy atom. The molecule has 1 amide bonds. The molecule has 1 saturated carbocycles. The number of amides is 1. The van der Waals surface area contributed by atoms with Gasteiger partial charge >= 0.3 is 0 Å². The van der Waals surface area contributed by atoms with E-state index >= 15 is 0 Å². The summed E-state index contributed by atoms with van der Waals surface area (Å²) >= 11 is 0. The standard InChI is InChI=1S/C13H16N2O/c1-7(2)8-5-6-14-12-11(8)9-3-4-10(9)13(16)15-12/h5-7,9-10H,3-4H2,1-2H3,(H,14,15,16). The minimum atomic E-state index is 0.164. The molecular formula is C13H16N2O. The molecule has 84 valence electrons. The van der Waals surface area contributed by atoms with Crippen LogP contribution in [-0.4, -0.2) is 10.9 Å². The highest BCUT2D eigenvalue weighted by atomic mass is 16.2. The van der Waals surface area contributed by atoms with Gasteiger partial charge in [-0.15, -0.1) is 0 Å². The number of anilines is 1. The van der Waals surface area contributed by atoms with Crippen LogP contribution in [0.25, 0.3) is 0 Å². The van der Waals surface area contributed by atoms with Crippen molar-refractivity contribution >= 4 is 11.7 Å². The van der Waals surface area contributed by atoms with E-state index in [4.69, 9.17) is 0 Å². The lowest BCUT2D eigenvalue weighted by Gasteiger charge is -2.41. The van der Waals surface area contributed by atoms with E-state index in [0.29, 0.717) is 11.8 Å². The largest absolute Gasteiger partial charge is 0.310 e. The van der Waals surface area contributed by atoms with Crippen molar-refractivity contribution in [2.24, 2.45) is 5.92 Å². The first-order chi connectivity index (χ1) is 7.68. The molecule has 16 heavy (non-hydrogen) atoms. The SMILES string of the molecule is CC(C)c1ccnc2c1C1CCC1C(=O)N2. The maximum atomic E-state index is 11.7. The van der Waals surface area contributed by atoms with Crippen LogP contribution in [0.15, 0.2) is 12.3 Å². The molecule has 0 aromatic carbocycles. The van der Waals surface area contributed by atoms with E-state index in [-0.39, 0.29) is 11.8 Å². The highest BCUT2D eigenvalue weighted by Crippen LogP contribution is 2.50. The number of carbonyl (C=O) groups is 1. The van der Waals surface area contributed by atoms with Gasteiger partial charge in [0.15, 0.2) is 0 Å². The summed E-state index contributed by atoms with van der Waals surface area (Å²) in [7, 11) is 0. The molecule has 1 aromatic rings. The van der Waals surface area contributed by atoms with Crippen LogP contribution in [0.3, 0.4) is 0 Å². The number of hydrogen-bond donors (Lipinski definition) is 1. The summed E-state index contributed by atoms with van der Waals surface area (Å²) in [6.07, 6.45) is 3.96. The lowest BCUT2D eigenvalue weighted by Crippen LogP contribution is -2.40. The summed E-state index contributed by atoms with van der Waals surface area (Å²) in [6, 6.07) is 2.09. The first kappa shape index (κ1) is 9.82. The van der Waals surface area contributed by atoms with Crippen molar-refractivity contribution in [2.75, 3.05) is 5.32 Å². The molecular weight excluding hydrogens is 200 g/mol. The molecule has 0 saturated heterocycles. The van der Waals surface area contributed by atoms with Gasteiger partial charge in [-0.1, -0.05) is 13.8 Å². The van der Waals surface area contributed by atoms with E-state index in [1.54, 1.807) is 6.20 Å². The molecule has 1 N–H and O–H groups in total. The lowest BCUT2D eigenvalue weighted by molar-refractivity contribution is -0.123. The topological polar surface area (TPSA) is 42.0 Å². The Morgan fingerprint density at radius 2 is 2.12 bits per heavy atom. The summed E-state index contributed by atoms with van der Waals surface area (Å²) < 4.78 is 0. The predicted octanol–water partition coefficient (Wildman–Crippen LogP) is 2.65. The minimum Gasteiger partial charge on any atom is -0.310 e. The zero-order valence-electron chi connectivity index (χ0n) is 9.66. The summed E-state index contributed by atoms with van der Waals surface area (Å²) in [6.45, 7) is 4.39. The second-order valence-electron chi connectivity index (χ2n) is 5.10. The molecule has 0 bridgehead atoms. The van der Waals surface area contributed by atoms with Crippen LogP contribution < -0.4 is 5.32 Å². The third-order valence-electron chi connectivity index (χ3n) is 3.87. The molecule has 1 aliphatic carbocycles. The van der Waals surface area contributed by atoms with E-state index in [9.17, 15) is 4.79 Å². The smallest absolute Gasteiger partial charge is 0.229 e. The molecule has 2 unspecified atom stereocenters. The van der Waals surface area contributed by atoms with E-state index in [0.717, 1.165) is 18.7 Å². The van der Waals surface area contributed by atoms with Crippen LogP contribution >= 0.6 is 0 Å². The molecule has 0 spiro atoms. The maximum Gasteiger partial charge on any atom is 0.229 e. The molecule has 0 radical (unpaired) electrons. The fourth-order valence-corrected chi connectivity index (χ4v) is 2.85. The number of pyridine rings is 1. The number of fused-ring (bicyclic) bond motifs is 3. The fourth-order valence-electron chi connectivity index (χ4n) is 2.85. The van der Waals surface area contributed by atoms with Gasteiger partial charge in [0, 0.05) is 17.7 Å². The van der Waals surface area contributed by atoms with Crippen molar-refractivity contribution < 1.29 is 4.79 Å². The average Bonchev–Trinajstić information content (AvgIpc) is 2.16. The van der Waals surface area contributed by atoms with Crippen LogP contribution in [0.5, 0.6) is 0 Å². The van der Waals surface area contributed by atoms with Crippen molar-refractivity contribution in [3.63, 3.8) is 0 Å². The van der Waals surface area contributed by atoms with Gasteiger partial charge in [0.2, 0.25) is 5.91 Å². The Kier molecular flexibility index (Phi) is 2.03. The Labute approximate surface area is 95.3 Å². The van der Waals surface area contributed by atoms with Gasteiger partial charge in [-0.25, -0.2) is 4.98 Å². The first-order valence-electron chi connectivity index (χ1n) is 5.98. The Bertz CT molecular complexity index is 453. The van der Waals surface area contributed by atoms with Crippen LogP contribution in [0.4, 0.5) is 5.82 Å². The summed E-state index contributed by atoms with van der Waals surface area (Å²) in [5.74, 6) is 2.09. The van der Waals surface area contributed by atoms with Crippen LogP contribution in [-0.2, 0) is 4.79 Å². The van der Waals surface area contributed by atoms with Crippen LogP contribution in [0.1, 0.15) is 49.7 Å². The monoisotopic (exact) mass is 216 g/mol. The molecule has 1 aromatic heterocycles. The molecule has 3 nitrogen and oxygen atoms in total. The second-order valence-corrected chi connectivity index (χ2v) is 5.10. The van der Waals surface area contributed by atoms with Gasteiger partial charge in [0.1, 0.15) is 5.82 Å². The maximum absolute atomic E-state index is 11.7. The van der Waals surface area contributed by atoms with Crippen molar-refractivity contribution in [3.05, 3.63) is 23.4 Å². The average molecular weight is 216 g/mol. The van der Waals surface area contributed by atoms with Crippen molar-refractivity contribution in [1.82, 2.24) is 4.98 Å². The second kappa shape index (κ2) is 3.30. The summed E-state index contributed by atoms with van der Waals surface area (Å²) in [4.78, 5) is 16.0. The van der Waals surface area contributed by atoms with Gasteiger partial charge in [-0.2, -0.15) is 0 Å². The normalized spacial score (nSPS) is 26.8. The zero-order valence-corrected chi connectivity index (χ0v) is 9.66. The number of hydrogen-bond acceptors (Lipinski definition) is 2. The number of nitrogens with one attached hydrogen (secondary N) is 1. The van der Waals surface area contributed by atoms with E-state index in [1.807, 2.05) is 0 Å². The van der Waals surface area contributed by atoms with Crippen LogP contribution in [0.2, 0.25) is 0 Å². The van der Waals surface area contributed by atoms with Crippen LogP contribution in [0, 0.1) is 5.92 Å².